The number of ether oxygens (including phenoxy) is 4. The fourth-order valence-electron chi connectivity index (χ4n) is 3.34. The van der Waals surface area contributed by atoms with Crippen molar-refractivity contribution >= 4 is 14.0 Å². The molecule has 31 heavy (non-hydrogen) atoms. The van der Waals surface area contributed by atoms with Crippen molar-refractivity contribution in [2.24, 2.45) is 0 Å². The van der Waals surface area contributed by atoms with E-state index in [1.807, 2.05) is 0 Å². The number of carbonyl (C=O) groups is 1. The molecule has 0 aromatic rings. The summed E-state index contributed by atoms with van der Waals surface area (Å²) >= 11 is 0. The van der Waals surface area contributed by atoms with Crippen LogP contribution in [0.15, 0.2) is 12.7 Å². The molecule has 8 nitrogen and oxygen atoms in total. The smallest absolute Gasteiger partial charge is 0.305 e. The van der Waals surface area contributed by atoms with Crippen molar-refractivity contribution in [1.82, 2.24) is 0 Å². The van der Waals surface area contributed by atoms with Gasteiger partial charge in [-0.15, -0.1) is 6.58 Å². The van der Waals surface area contributed by atoms with Gasteiger partial charge in [-0.3, -0.25) is 4.79 Å². The molecule has 1 aliphatic rings. The van der Waals surface area contributed by atoms with Gasteiger partial charge in [-0.25, -0.2) is 0 Å². The van der Waals surface area contributed by atoms with Crippen molar-refractivity contribution in [1.29, 1.82) is 0 Å². The Labute approximate surface area is 187 Å². The molecule has 0 amide bonds. The first-order chi connectivity index (χ1) is 14.4. The van der Waals surface area contributed by atoms with Crippen molar-refractivity contribution in [3.63, 3.8) is 0 Å². The average Bonchev–Trinajstić information content (AvgIpc) is 2.70. The van der Waals surface area contributed by atoms with Crippen LogP contribution in [0.3, 0.4) is 0 Å². The maximum absolute atomic E-state index is 11.2. The number of carbonyl (C=O) groups excluding carboxylic acids is 1. The lowest BCUT2D eigenvalue weighted by Gasteiger charge is -2.49. The zero-order valence-corrected chi connectivity index (χ0v) is 20.9. The van der Waals surface area contributed by atoms with Gasteiger partial charge in [0.2, 0.25) is 0 Å². The third-order valence-corrected chi connectivity index (χ3v) is 12.2. The maximum Gasteiger partial charge on any atom is 0.305 e. The van der Waals surface area contributed by atoms with Crippen LogP contribution in [0, 0.1) is 0 Å². The first-order valence-electron chi connectivity index (χ1n) is 11.0. The van der Waals surface area contributed by atoms with E-state index in [1.54, 1.807) is 0 Å². The minimum Gasteiger partial charge on any atom is -0.469 e. The molecule has 9 heteroatoms. The summed E-state index contributed by atoms with van der Waals surface area (Å²) in [5.74, 6) is -0.245. The standard InChI is InChI=1S/C22H42O8Si/c1-8-13-28-18-16(24)19(20(26)31(6,7)22(2,3)4)30-21(17(18)25)29-14-11-9-10-12-15(23)27-5/h8,16-21,24-26H,1,9-14H2,2-7H3/t16-,17-,18+,19+,20?,21-/m1/s1. The van der Waals surface area contributed by atoms with Gasteiger partial charge in [-0.1, -0.05) is 46.4 Å². The fraction of sp³-hybridized carbons (Fsp3) is 0.864. The Balaban J connectivity index is 2.83. The van der Waals surface area contributed by atoms with Gasteiger partial charge in [0, 0.05) is 13.0 Å². The largest absolute Gasteiger partial charge is 0.469 e. The van der Waals surface area contributed by atoms with Crippen molar-refractivity contribution in [3.05, 3.63) is 12.7 Å². The molecule has 0 aliphatic carbocycles. The molecule has 1 rings (SSSR count). The van der Waals surface area contributed by atoms with E-state index < -0.39 is 44.5 Å². The Morgan fingerprint density at radius 3 is 2.35 bits per heavy atom. The average molecular weight is 463 g/mol. The van der Waals surface area contributed by atoms with Crippen LogP contribution in [0.1, 0.15) is 46.5 Å². The zero-order valence-electron chi connectivity index (χ0n) is 19.9. The van der Waals surface area contributed by atoms with Gasteiger partial charge in [0.25, 0.3) is 0 Å². The highest BCUT2D eigenvalue weighted by molar-refractivity contribution is 6.81. The molecule has 1 heterocycles. The number of methoxy groups -OCH3 is 1. The fourth-order valence-corrected chi connectivity index (χ4v) is 5.32. The SMILES string of the molecule is C=CCO[C@H]1[C@@H](O)[C@@H](C(O)[Si](C)(C)C(C)(C)C)O[C@@H](OCCCCCC(=O)OC)[C@@H]1O. The Morgan fingerprint density at radius 1 is 1.16 bits per heavy atom. The number of unbranched alkanes of at least 4 members (excludes halogenated alkanes) is 2. The lowest BCUT2D eigenvalue weighted by Crippen LogP contribution is -2.67. The lowest BCUT2D eigenvalue weighted by molar-refractivity contribution is -0.310. The normalized spacial score (nSPS) is 28.2. The van der Waals surface area contributed by atoms with Crippen molar-refractivity contribution < 1.29 is 39.1 Å². The molecule has 0 aromatic carbocycles. The molecule has 0 bridgehead atoms. The summed E-state index contributed by atoms with van der Waals surface area (Å²) in [5, 5.41) is 32.6. The second kappa shape index (κ2) is 12.4. The second-order valence-electron chi connectivity index (χ2n) is 9.71. The minimum absolute atomic E-state index is 0.140. The number of aliphatic hydroxyl groups excluding tert-OH is 3. The molecule has 1 saturated heterocycles. The van der Waals surface area contributed by atoms with Gasteiger partial charge in [0.1, 0.15) is 24.4 Å². The molecule has 6 atom stereocenters. The van der Waals surface area contributed by atoms with Crippen molar-refractivity contribution in [2.45, 2.75) is 101 Å². The van der Waals surface area contributed by atoms with E-state index in [0.29, 0.717) is 25.9 Å². The van der Waals surface area contributed by atoms with E-state index in [0.717, 1.165) is 6.42 Å². The highest BCUT2D eigenvalue weighted by Gasteiger charge is 2.54. The first kappa shape index (κ1) is 28.2. The predicted molar refractivity (Wildman–Crippen MR) is 120 cm³/mol. The molecule has 182 valence electrons. The van der Waals surface area contributed by atoms with E-state index in [9.17, 15) is 20.1 Å². The van der Waals surface area contributed by atoms with Crippen LogP contribution in [-0.2, 0) is 23.7 Å². The van der Waals surface area contributed by atoms with E-state index in [-0.39, 0.29) is 17.6 Å². The monoisotopic (exact) mass is 462 g/mol. The quantitative estimate of drug-likeness (QED) is 0.175. The van der Waals surface area contributed by atoms with Crippen LogP contribution >= 0.6 is 0 Å². The van der Waals surface area contributed by atoms with Crippen LogP contribution in [0.25, 0.3) is 0 Å². The second-order valence-corrected chi connectivity index (χ2v) is 15.2. The van der Waals surface area contributed by atoms with Gasteiger partial charge >= 0.3 is 5.97 Å². The molecular formula is C22H42O8Si. The minimum atomic E-state index is -2.30. The van der Waals surface area contributed by atoms with E-state index in [2.05, 4.69) is 45.2 Å². The van der Waals surface area contributed by atoms with E-state index >= 15 is 0 Å². The summed E-state index contributed by atoms with van der Waals surface area (Å²) in [7, 11) is -0.937. The van der Waals surface area contributed by atoms with E-state index in [4.69, 9.17) is 14.2 Å². The zero-order chi connectivity index (χ0) is 23.8. The molecule has 0 spiro atoms. The van der Waals surface area contributed by atoms with Gasteiger partial charge in [0.15, 0.2) is 6.29 Å². The number of esters is 1. The van der Waals surface area contributed by atoms with Crippen LogP contribution in [0.5, 0.6) is 0 Å². The molecule has 1 fully saturated rings. The van der Waals surface area contributed by atoms with E-state index in [1.165, 1.54) is 13.2 Å². The van der Waals surface area contributed by atoms with Gasteiger partial charge in [-0.2, -0.15) is 0 Å². The summed E-state index contributed by atoms with van der Waals surface area (Å²) in [6.45, 7) is 14.4. The van der Waals surface area contributed by atoms with Crippen molar-refractivity contribution in [3.8, 4) is 0 Å². The highest BCUT2D eigenvalue weighted by atomic mass is 28.3. The summed E-state index contributed by atoms with van der Waals surface area (Å²) in [6, 6.07) is 0. The molecule has 0 radical (unpaired) electrons. The molecular weight excluding hydrogens is 420 g/mol. The Morgan fingerprint density at radius 2 is 1.81 bits per heavy atom. The predicted octanol–water partition coefficient (Wildman–Crippen LogP) is 2.16. The number of rotatable bonds is 12. The molecule has 0 saturated carbocycles. The summed E-state index contributed by atoms with van der Waals surface area (Å²) in [6.07, 6.45) is -1.39. The molecule has 1 aliphatic heterocycles. The first-order valence-corrected chi connectivity index (χ1v) is 14.1. The van der Waals surface area contributed by atoms with Gasteiger partial charge in [-0.05, 0) is 17.9 Å². The summed E-state index contributed by atoms with van der Waals surface area (Å²) in [4.78, 5) is 11.2. The number of hydrogen-bond acceptors (Lipinski definition) is 8. The van der Waals surface area contributed by atoms with Crippen molar-refractivity contribution in [2.75, 3.05) is 20.3 Å². The van der Waals surface area contributed by atoms with Crippen LogP contribution in [0.4, 0.5) is 0 Å². The van der Waals surface area contributed by atoms with Crippen LogP contribution in [0.2, 0.25) is 18.1 Å². The van der Waals surface area contributed by atoms with Crippen LogP contribution in [-0.4, -0.2) is 86.1 Å². The highest BCUT2D eigenvalue weighted by Crippen LogP contribution is 2.41. The van der Waals surface area contributed by atoms with Crippen LogP contribution < -0.4 is 0 Å². The lowest BCUT2D eigenvalue weighted by atomic mass is 9.98. The summed E-state index contributed by atoms with van der Waals surface area (Å²) < 4.78 is 21.9. The third-order valence-electron chi connectivity index (χ3n) is 6.51. The van der Waals surface area contributed by atoms with Gasteiger partial charge in [0.05, 0.1) is 27.5 Å². The van der Waals surface area contributed by atoms with Gasteiger partial charge < -0.3 is 34.3 Å². The molecule has 3 N–H and O–H groups in total. The molecule has 1 unspecified atom stereocenters. The number of aliphatic hydroxyl groups is 3. The molecule has 0 aromatic heterocycles. The topological polar surface area (TPSA) is 115 Å². The Bertz CT molecular complexity index is 562. The Kier molecular flexibility index (Phi) is 11.3. The number of hydrogen-bond donors (Lipinski definition) is 3. The Hall–Kier alpha value is -0.813. The third kappa shape index (κ3) is 7.63. The summed E-state index contributed by atoms with van der Waals surface area (Å²) in [5.41, 5.74) is -0.893. The maximum atomic E-state index is 11.2.